The SMILES string of the molecule is O=C(Nc1ccc(OCCN2CCOCC2)c2ccccc12)c1cccc(Br)c1.O=C(Nc1ccc(OCCN2CCOCC2)c2ccccc12)c1cccc(N2CCCCC2)c1. The molecule has 9 rings (SSSR count). The molecule has 0 radical (unpaired) electrons. The fourth-order valence-electron chi connectivity index (χ4n) is 8.25. The molecule has 3 fully saturated rings. The van der Waals surface area contributed by atoms with Crippen LogP contribution in [0.5, 0.6) is 11.5 Å². The highest BCUT2D eigenvalue weighted by molar-refractivity contribution is 9.10. The molecule has 3 heterocycles. The van der Waals surface area contributed by atoms with Crippen molar-refractivity contribution in [1.29, 1.82) is 0 Å². The van der Waals surface area contributed by atoms with E-state index < -0.39 is 0 Å². The molecular weight excluding hydrogens is 858 g/mol. The number of carbonyl (C=O) groups excluding carboxylic acids is 2. The van der Waals surface area contributed by atoms with Crippen LogP contribution in [0.15, 0.2) is 126 Å². The predicted octanol–water partition coefficient (Wildman–Crippen LogP) is 9.36. The molecule has 63 heavy (non-hydrogen) atoms. The number of amides is 2. The minimum absolute atomic E-state index is 0.0926. The van der Waals surface area contributed by atoms with Gasteiger partial charge in [0, 0.05) is 107 Å². The topological polar surface area (TPSA) is 105 Å². The Morgan fingerprint density at radius 3 is 1.51 bits per heavy atom. The van der Waals surface area contributed by atoms with Crippen molar-refractivity contribution in [2.45, 2.75) is 19.3 Å². The first-order valence-corrected chi connectivity index (χ1v) is 22.9. The number of nitrogens with zero attached hydrogens (tertiary/aromatic N) is 3. The lowest BCUT2D eigenvalue weighted by molar-refractivity contribution is 0.0322. The van der Waals surface area contributed by atoms with Gasteiger partial charge in [-0.15, -0.1) is 0 Å². The minimum Gasteiger partial charge on any atom is -0.492 e. The van der Waals surface area contributed by atoms with E-state index in [9.17, 15) is 9.59 Å². The van der Waals surface area contributed by atoms with Gasteiger partial charge in [-0.05, 0) is 79.9 Å². The van der Waals surface area contributed by atoms with E-state index in [0.717, 1.165) is 133 Å². The number of morpholine rings is 2. The zero-order chi connectivity index (χ0) is 43.2. The number of hydrogen-bond donors (Lipinski definition) is 2. The molecule has 0 aromatic heterocycles. The Balaban J connectivity index is 0.000000175. The lowest BCUT2D eigenvalue weighted by Crippen LogP contribution is -2.38. The molecule has 2 N–H and O–H groups in total. The van der Waals surface area contributed by atoms with E-state index in [-0.39, 0.29) is 11.8 Å². The Morgan fingerprint density at radius 2 is 1.00 bits per heavy atom. The van der Waals surface area contributed by atoms with Crippen molar-refractivity contribution in [1.82, 2.24) is 9.80 Å². The second kappa shape index (κ2) is 22.2. The number of ether oxygens (including phenoxy) is 4. The van der Waals surface area contributed by atoms with Crippen LogP contribution in [0.1, 0.15) is 40.0 Å². The van der Waals surface area contributed by atoms with E-state index in [1.54, 1.807) is 12.1 Å². The number of rotatable bonds is 13. The van der Waals surface area contributed by atoms with Gasteiger partial charge in [0.15, 0.2) is 0 Å². The van der Waals surface area contributed by atoms with E-state index >= 15 is 0 Å². The fraction of sp³-hybridized carbons (Fsp3) is 0.333. The van der Waals surface area contributed by atoms with E-state index in [1.165, 1.54) is 19.3 Å². The van der Waals surface area contributed by atoms with Gasteiger partial charge >= 0.3 is 0 Å². The molecule has 0 atom stereocenters. The maximum absolute atomic E-state index is 13.1. The quantitative estimate of drug-likeness (QED) is 0.117. The Morgan fingerprint density at radius 1 is 0.524 bits per heavy atom. The van der Waals surface area contributed by atoms with Crippen molar-refractivity contribution in [3.8, 4) is 11.5 Å². The van der Waals surface area contributed by atoms with Crippen LogP contribution in [0.2, 0.25) is 0 Å². The molecule has 0 aliphatic carbocycles. The van der Waals surface area contributed by atoms with Crippen LogP contribution in [-0.2, 0) is 9.47 Å². The highest BCUT2D eigenvalue weighted by atomic mass is 79.9. The minimum atomic E-state index is -0.141. The average Bonchev–Trinajstić information content (AvgIpc) is 3.34. The summed E-state index contributed by atoms with van der Waals surface area (Å²) in [5.74, 6) is 1.44. The Hall–Kier alpha value is -5.50. The maximum atomic E-state index is 13.1. The second-order valence-electron chi connectivity index (χ2n) is 15.9. The van der Waals surface area contributed by atoms with Crippen LogP contribution < -0.4 is 25.0 Å². The summed E-state index contributed by atoms with van der Waals surface area (Å²) in [7, 11) is 0. The molecule has 2 amide bonds. The molecule has 0 bridgehead atoms. The van der Waals surface area contributed by atoms with Gasteiger partial charge in [0.05, 0.1) is 26.4 Å². The van der Waals surface area contributed by atoms with Crippen molar-refractivity contribution >= 4 is 66.4 Å². The number of fused-ring (bicyclic) bond motifs is 2. The summed E-state index contributed by atoms with van der Waals surface area (Å²) >= 11 is 3.41. The Bertz CT molecular complexity index is 2470. The van der Waals surface area contributed by atoms with E-state index in [0.29, 0.717) is 24.3 Å². The number of anilines is 3. The zero-order valence-corrected chi connectivity index (χ0v) is 37.3. The highest BCUT2D eigenvalue weighted by Gasteiger charge is 2.17. The van der Waals surface area contributed by atoms with Crippen molar-refractivity contribution in [3.05, 3.63) is 137 Å². The average molecular weight is 915 g/mol. The molecule has 11 nitrogen and oxygen atoms in total. The van der Waals surface area contributed by atoms with E-state index in [1.807, 2.05) is 103 Å². The number of nitrogens with one attached hydrogen (secondary N) is 2. The normalized spacial score (nSPS) is 15.9. The molecule has 6 aromatic carbocycles. The summed E-state index contributed by atoms with van der Waals surface area (Å²) in [6, 6.07) is 39.1. The summed E-state index contributed by atoms with van der Waals surface area (Å²) in [4.78, 5) is 32.9. The molecule has 0 spiro atoms. The van der Waals surface area contributed by atoms with E-state index in [4.69, 9.17) is 18.9 Å². The van der Waals surface area contributed by atoms with Gasteiger partial charge in [0.1, 0.15) is 24.7 Å². The third-order valence-corrected chi connectivity index (χ3v) is 12.2. The summed E-state index contributed by atoms with van der Waals surface area (Å²) in [5, 5.41) is 10.1. The maximum Gasteiger partial charge on any atom is 0.255 e. The molecule has 6 aromatic rings. The van der Waals surface area contributed by atoms with Gasteiger partial charge in [0.2, 0.25) is 0 Å². The summed E-state index contributed by atoms with van der Waals surface area (Å²) in [6.07, 6.45) is 3.71. The van der Waals surface area contributed by atoms with Gasteiger partial charge < -0.3 is 34.5 Å². The first-order valence-electron chi connectivity index (χ1n) is 22.1. The van der Waals surface area contributed by atoms with Crippen LogP contribution in [0.4, 0.5) is 17.1 Å². The van der Waals surface area contributed by atoms with Crippen LogP contribution >= 0.6 is 15.9 Å². The molecule has 3 aliphatic heterocycles. The third-order valence-electron chi connectivity index (χ3n) is 11.7. The lowest BCUT2D eigenvalue weighted by Gasteiger charge is -2.29. The van der Waals surface area contributed by atoms with Crippen molar-refractivity contribution < 1.29 is 28.5 Å². The van der Waals surface area contributed by atoms with Crippen LogP contribution in [0.25, 0.3) is 21.5 Å². The highest BCUT2D eigenvalue weighted by Crippen LogP contribution is 2.34. The zero-order valence-electron chi connectivity index (χ0n) is 35.7. The van der Waals surface area contributed by atoms with Gasteiger partial charge in [-0.3, -0.25) is 19.4 Å². The first-order chi connectivity index (χ1) is 31.0. The van der Waals surface area contributed by atoms with Gasteiger partial charge in [-0.25, -0.2) is 0 Å². The molecule has 12 heteroatoms. The van der Waals surface area contributed by atoms with Crippen molar-refractivity contribution in [2.75, 3.05) is 108 Å². The molecular formula is C51H56BrN5O6. The first kappa shape index (κ1) is 44.1. The number of piperidine rings is 1. The summed E-state index contributed by atoms with van der Waals surface area (Å²) in [6.45, 7) is 12.1. The smallest absolute Gasteiger partial charge is 0.255 e. The number of benzene rings is 6. The van der Waals surface area contributed by atoms with Crippen LogP contribution in [-0.4, -0.2) is 114 Å². The van der Waals surface area contributed by atoms with E-state index in [2.05, 4.69) is 47.3 Å². The molecule has 3 aliphatic rings. The Kier molecular flexibility index (Phi) is 15.6. The van der Waals surface area contributed by atoms with Gasteiger partial charge in [-0.1, -0.05) is 76.6 Å². The second-order valence-corrected chi connectivity index (χ2v) is 16.9. The standard InChI is InChI=1S/C28H33N3O3.C23H23BrN2O3/c32-28(22-7-6-8-23(21-22)31-13-4-1-5-14-31)29-26-11-12-27(25-10-3-2-9-24(25)26)34-20-17-30-15-18-33-19-16-30;24-18-5-3-4-17(16-18)23(27)25-21-8-9-22(20-7-2-1-6-19(20)21)29-15-12-26-10-13-28-14-11-26/h2-3,6-12,21H,1,4-5,13-20H2,(H,29,32);1-9,16H,10-15H2,(H,25,27). The largest absolute Gasteiger partial charge is 0.492 e. The summed E-state index contributed by atoms with van der Waals surface area (Å²) in [5.41, 5.74) is 3.98. The fourth-order valence-corrected chi connectivity index (χ4v) is 8.65. The number of hydrogen-bond acceptors (Lipinski definition) is 9. The van der Waals surface area contributed by atoms with Gasteiger partial charge in [-0.2, -0.15) is 0 Å². The molecule has 0 unspecified atom stereocenters. The molecule has 3 saturated heterocycles. The van der Waals surface area contributed by atoms with Crippen molar-refractivity contribution in [2.24, 2.45) is 0 Å². The molecule has 0 saturated carbocycles. The number of carbonyl (C=O) groups is 2. The van der Waals surface area contributed by atoms with Gasteiger partial charge in [0.25, 0.3) is 11.8 Å². The van der Waals surface area contributed by atoms with Crippen LogP contribution in [0, 0.1) is 0 Å². The Labute approximate surface area is 378 Å². The monoisotopic (exact) mass is 913 g/mol. The lowest BCUT2D eigenvalue weighted by atomic mass is 10.1. The summed E-state index contributed by atoms with van der Waals surface area (Å²) < 4.78 is 23.9. The van der Waals surface area contributed by atoms with Crippen molar-refractivity contribution in [3.63, 3.8) is 0 Å². The molecule has 328 valence electrons. The van der Waals surface area contributed by atoms with Crippen LogP contribution in [0.3, 0.4) is 0 Å². The predicted molar refractivity (Wildman–Crippen MR) is 256 cm³/mol. The number of halogens is 1. The third kappa shape index (κ3) is 12.0.